The zero-order chi connectivity index (χ0) is 15.5. The molecule has 110 valence electrons. The molecule has 1 aromatic carbocycles. The van der Waals surface area contributed by atoms with Gasteiger partial charge in [-0.05, 0) is 44.9 Å². The van der Waals surface area contributed by atoms with Gasteiger partial charge in [-0.3, -0.25) is 4.79 Å². The van der Waals surface area contributed by atoms with E-state index < -0.39 is 23.6 Å². The van der Waals surface area contributed by atoms with Gasteiger partial charge in [-0.15, -0.1) is 0 Å². The van der Waals surface area contributed by atoms with Crippen molar-refractivity contribution in [3.05, 3.63) is 34.3 Å². The summed E-state index contributed by atoms with van der Waals surface area (Å²) < 4.78 is 5.22. The quantitative estimate of drug-likeness (QED) is 0.832. The number of benzene rings is 1. The normalized spacial score (nSPS) is 12.8. The first kappa shape index (κ1) is 16.5. The molecule has 3 N–H and O–H groups in total. The first-order valence-electron chi connectivity index (χ1n) is 6.10. The van der Waals surface area contributed by atoms with Gasteiger partial charge >= 0.3 is 11.9 Å². The predicted octanol–water partition coefficient (Wildman–Crippen LogP) is 2.25. The van der Waals surface area contributed by atoms with Gasteiger partial charge in [-0.25, -0.2) is 4.79 Å². The van der Waals surface area contributed by atoms with Crippen LogP contribution in [0.1, 0.15) is 36.7 Å². The number of hydrogen-bond donors (Lipinski definition) is 2. The van der Waals surface area contributed by atoms with Crippen LogP contribution in [0.15, 0.2) is 18.2 Å². The van der Waals surface area contributed by atoms with E-state index in [4.69, 9.17) is 27.2 Å². The molecule has 0 fully saturated rings. The molecular formula is C14H18ClNO4. The lowest BCUT2D eigenvalue weighted by molar-refractivity contribution is -0.138. The van der Waals surface area contributed by atoms with Gasteiger partial charge in [0.15, 0.2) is 0 Å². The summed E-state index contributed by atoms with van der Waals surface area (Å²) >= 11 is 6.04. The van der Waals surface area contributed by atoms with E-state index in [9.17, 15) is 9.59 Å². The number of hydrogen-bond acceptors (Lipinski definition) is 4. The highest BCUT2D eigenvalue weighted by Crippen LogP contribution is 2.21. The monoisotopic (exact) mass is 299 g/mol. The second-order valence-electron chi connectivity index (χ2n) is 5.46. The van der Waals surface area contributed by atoms with Gasteiger partial charge in [0.05, 0.1) is 5.56 Å². The summed E-state index contributed by atoms with van der Waals surface area (Å²) in [6.45, 7) is 5.31. The van der Waals surface area contributed by atoms with E-state index in [2.05, 4.69) is 0 Å². The van der Waals surface area contributed by atoms with Crippen LogP contribution in [0.5, 0.6) is 0 Å². The highest BCUT2D eigenvalue weighted by molar-refractivity contribution is 6.31. The van der Waals surface area contributed by atoms with E-state index in [1.807, 2.05) is 0 Å². The summed E-state index contributed by atoms with van der Waals surface area (Å²) in [5.41, 5.74) is 5.75. The summed E-state index contributed by atoms with van der Waals surface area (Å²) in [5, 5.41) is 9.06. The van der Waals surface area contributed by atoms with Crippen molar-refractivity contribution in [3.8, 4) is 0 Å². The number of ether oxygens (including phenoxy) is 1. The molecule has 0 saturated heterocycles. The molecule has 0 aliphatic heterocycles. The molecule has 0 saturated carbocycles. The Morgan fingerprint density at radius 1 is 1.40 bits per heavy atom. The van der Waals surface area contributed by atoms with Crippen LogP contribution in [0.25, 0.3) is 0 Å². The van der Waals surface area contributed by atoms with Gasteiger partial charge in [0.25, 0.3) is 0 Å². The summed E-state index contributed by atoms with van der Waals surface area (Å²) in [6, 6.07) is 3.56. The molecule has 20 heavy (non-hydrogen) atoms. The number of carboxylic acids is 1. The van der Waals surface area contributed by atoms with Crippen molar-refractivity contribution in [3.63, 3.8) is 0 Å². The van der Waals surface area contributed by atoms with Crippen molar-refractivity contribution in [2.45, 2.75) is 38.8 Å². The Labute approximate surface area is 122 Å². The SMILES string of the molecule is CC(C)(C)OC(=O)c1ccc(CC(N)C(=O)O)c(Cl)c1. The molecule has 0 heterocycles. The number of carbonyl (C=O) groups excluding carboxylic acids is 1. The predicted molar refractivity (Wildman–Crippen MR) is 75.9 cm³/mol. The van der Waals surface area contributed by atoms with Gasteiger partial charge in [0.2, 0.25) is 0 Å². The topological polar surface area (TPSA) is 89.6 Å². The van der Waals surface area contributed by atoms with E-state index in [0.717, 1.165) is 0 Å². The number of carboxylic acid groups (broad SMARTS) is 1. The third-order valence-electron chi connectivity index (χ3n) is 2.44. The molecule has 6 heteroatoms. The Morgan fingerprint density at radius 3 is 2.45 bits per heavy atom. The first-order chi connectivity index (χ1) is 9.10. The molecular weight excluding hydrogens is 282 g/mol. The molecule has 0 aromatic heterocycles. The van der Waals surface area contributed by atoms with E-state index in [1.165, 1.54) is 6.07 Å². The van der Waals surface area contributed by atoms with Crippen LogP contribution < -0.4 is 5.73 Å². The lowest BCUT2D eigenvalue weighted by Gasteiger charge is -2.19. The minimum Gasteiger partial charge on any atom is -0.480 e. The number of carbonyl (C=O) groups is 2. The smallest absolute Gasteiger partial charge is 0.338 e. The van der Waals surface area contributed by atoms with Gasteiger partial charge in [-0.2, -0.15) is 0 Å². The zero-order valence-electron chi connectivity index (χ0n) is 11.6. The summed E-state index contributed by atoms with van der Waals surface area (Å²) in [4.78, 5) is 22.6. The third kappa shape index (κ3) is 4.83. The van der Waals surface area contributed by atoms with Crippen molar-refractivity contribution in [2.75, 3.05) is 0 Å². The minimum absolute atomic E-state index is 0.1000. The van der Waals surface area contributed by atoms with Gasteiger partial charge in [0.1, 0.15) is 11.6 Å². The van der Waals surface area contributed by atoms with E-state index in [0.29, 0.717) is 16.1 Å². The van der Waals surface area contributed by atoms with Crippen molar-refractivity contribution < 1.29 is 19.4 Å². The molecule has 0 aliphatic rings. The van der Waals surface area contributed by atoms with Crippen molar-refractivity contribution >= 4 is 23.5 Å². The van der Waals surface area contributed by atoms with Crippen molar-refractivity contribution in [2.24, 2.45) is 5.73 Å². The molecule has 1 atom stereocenters. The minimum atomic E-state index is -1.10. The third-order valence-corrected chi connectivity index (χ3v) is 2.80. The Morgan fingerprint density at radius 2 is 2.00 bits per heavy atom. The molecule has 0 bridgehead atoms. The maximum Gasteiger partial charge on any atom is 0.338 e. The van der Waals surface area contributed by atoms with Crippen LogP contribution in [-0.2, 0) is 16.0 Å². The van der Waals surface area contributed by atoms with Crippen LogP contribution >= 0.6 is 11.6 Å². The highest BCUT2D eigenvalue weighted by atomic mass is 35.5. The average Bonchev–Trinajstić information content (AvgIpc) is 2.29. The molecule has 0 radical (unpaired) electrons. The molecule has 1 aromatic rings. The number of esters is 1. The lowest BCUT2D eigenvalue weighted by atomic mass is 10.0. The van der Waals surface area contributed by atoms with Crippen molar-refractivity contribution in [1.82, 2.24) is 0 Å². The second kappa shape index (κ2) is 6.24. The van der Waals surface area contributed by atoms with E-state index in [-0.39, 0.29) is 6.42 Å². The van der Waals surface area contributed by atoms with Gasteiger partial charge in [0, 0.05) is 5.02 Å². The van der Waals surface area contributed by atoms with Crippen LogP contribution in [0.2, 0.25) is 5.02 Å². The van der Waals surface area contributed by atoms with Crippen LogP contribution in [0.4, 0.5) is 0 Å². The van der Waals surface area contributed by atoms with Crippen LogP contribution in [0, 0.1) is 0 Å². The standard InChI is InChI=1S/C14H18ClNO4/c1-14(2,3)20-13(19)9-5-4-8(10(15)6-9)7-11(16)12(17)18/h4-6,11H,7,16H2,1-3H3,(H,17,18). The van der Waals surface area contributed by atoms with Crippen LogP contribution in [0.3, 0.4) is 0 Å². The number of nitrogens with two attached hydrogens (primary N) is 1. The summed E-state index contributed by atoms with van der Waals surface area (Å²) in [7, 11) is 0. The molecule has 1 rings (SSSR count). The fourth-order valence-electron chi connectivity index (χ4n) is 1.50. The van der Waals surface area contributed by atoms with Gasteiger partial charge in [-0.1, -0.05) is 17.7 Å². The Kier molecular flexibility index (Phi) is 5.14. The fraction of sp³-hybridized carbons (Fsp3) is 0.429. The number of rotatable bonds is 4. The van der Waals surface area contributed by atoms with Crippen molar-refractivity contribution in [1.29, 1.82) is 0 Å². The molecule has 0 amide bonds. The molecule has 1 unspecified atom stereocenters. The van der Waals surface area contributed by atoms with Gasteiger partial charge < -0.3 is 15.6 Å². The number of aliphatic carboxylic acids is 1. The maximum atomic E-state index is 11.9. The molecule has 0 aliphatic carbocycles. The zero-order valence-corrected chi connectivity index (χ0v) is 12.4. The molecule has 5 nitrogen and oxygen atoms in total. The summed E-state index contributed by atoms with van der Waals surface area (Å²) in [6.07, 6.45) is 0.1000. The first-order valence-corrected chi connectivity index (χ1v) is 6.48. The van der Waals surface area contributed by atoms with E-state index >= 15 is 0 Å². The number of halogens is 1. The Balaban J connectivity index is 2.88. The Hall–Kier alpha value is -1.59. The fourth-order valence-corrected chi connectivity index (χ4v) is 1.76. The maximum absolute atomic E-state index is 11.9. The largest absolute Gasteiger partial charge is 0.480 e. The van der Waals surface area contributed by atoms with Crippen LogP contribution in [-0.4, -0.2) is 28.7 Å². The second-order valence-corrected chi connectivity index (χ2v) is 5.86. The average molecular weight is 300 g/mol. The lowest BCUT2D eigenvalue weighted by Crippen LogP contribution is -2.32. The molecule has 0 spiro atoms. The Bertz CT molecular complexity index is 522. The highest BCUT2D eigenvalue weighted by Gasteiger charge is 2.19. The summed E-state index contributed by atoms with van der Waals surface area (Å²) in [5.74, 6) is -1.58. The van der Waals surface area contributed by atoms with E-state index in [1.54, 1.807) is 32.9 Å².